The average molecular weight is 369 g/mol. The standard InChI is InChI=1S/C17H27N3O4S/c1-4-19-9-11-20(12-10-19)17(21)13-18-25(22,23)16-7-5-15(6-8-16)24-14(2)3/h5-8,14,18H,4,9-13H2,1-3H3. The molecule has 1 aliphatic rings. The number of nitrogens with one attached hydrogen (secondary N) is 1. The highest BCUT2D eigenvalue weighted by Crippen LogP contribution is 2.17. The number of carbonyl (C=O) groups excluding carboxylic acids is 1. The zero-order valence-electron chi connectivity index (χ0n) is 15.1. The number of likely N-dealkylation sites (N-methyl/N-ethyl adjacent to an activating group) is 1. The molecule has 2 rings (SSSR count). The van der Waals surface area contributed by atoms with Gasteiger partial charge in [-0.1, -0.05) is 6.92 Å². The van der Waals surface area contributed by atoms with E-state index in [9.17, 15) is 13.2 Å². The van der Waals surface area contributed by atoms with Gasteiger partial charge in [0.2, 0.25) is 15.9 Å². The summed E-state index contributed by atoms with van der Waals surface area (Å²) < 4.78 is 32.5. The van der Waals surface area contributed by atoms with Crippen LogP contribution >= 0.6 is 0 Å². The van der Waals surface area contributed by atoms with Crippen LogP contribution < -0.4 is 9.46 Å². The number of piperazine rings is 1. The molecule has 140 valence electrons. The zero-order chi connectivity index (χ0) is 18.4. The van der Waals surface area contributed by atoms with E-state index in [4.69, 9.17) is 4.74 Å². The summed E-state index contributed by atoms with van der Waals surface area (Å²) in [6.07, 6.45) is 0.0198. The Kier molecular flexibility index (Phi) is 6.80. The van der Waals surface area contributed by atoms with Crippen LogP contribution in [0.25, 0.3) is 0 Å². The van der Waals surface area contributed by atoms with Gasteiger partial charge in [-0.25, -0.2) is 13.1 Å². The molecule has 8 heteroatoms. The highest BCUT2D eigenvalue weighted by molar-refractivity contribution is 7.89. The smallest absolute Gasteiger partial charge is 0.241 e. The number of rotatable bonds is 7. The topological polar surface area (TPSA) is 79.0 Å². The number of hydrogen-bond donors (Lipinski definition) is 1. The summed E-state index contributed by atoms with van der Waals surface area (Å²) in [5, 5.41) is 0. The van der Waals surface area contributed by atoms with Crippen molar-refractivity contribution in [3.63, 3.8) is 0 Å². The third kappa shape index (κ3) is 5.69. The van der Waals surface area contributed by atoms with Gasteiger partial charge in [-0.05, 0) is 44.7 Å². The molecule has 0 unspecified atom stereocenters. The highest BCUT2D eigenvalue weighted by Gasteiger charge is 2.22. The second-order valence-electron chi connectivity index (χ2n) is 6.28. The summed E-state index contributed by atoms with van der Waals surface area (Å²) in [5.41, 5.74) is 0. The van der Waals surface area contributed by atoms with Crippen LogP contribution in [0.2, 0.25) is 0 Å². The van der Waals surface area contributed by atoms with Crippen molar-refractivity contribution in [2.45, 2.75) is 31.8 Å². The number of benzene rings is 1. The molecule has 0 aliphatic carbocycles. The van der Waals surface area contributed by atoms with Crippen molar-refractivity contribution < 1.29 is 17.9 Å². The van der Waals surface area contributed by atoms with Gasteiger partial charge in [0.15, 0.2) is 0 Å². The van der Waals surface area contributed by atoms with E-state index < -0.39 is 10.0 Å². The Labute approximate surface area is 150 Å². The predicted molar refractivity (Wildman–Crippen MR) is 96.1 cm³/mol. The number of nitrogens with zero attached hydrogens (tertiary/aromatic N) is 2. The molecular weight excluding hydrogens is 342 g/mol. The van der Waals surface area contributed by atoms with Gasteiger partial charge in [0.25, 0.3) is 0 Å². The van der Waals surface area contributed by atoms with Crippen molar-refractivity contribution >= 4 is 15.9 Å². The fraction of sp³-hybridized carbons (Fsp3) is 0.588. The molecule has 25 heavy (non-hydrogen) atoms. The number of ether oxygens (including phenoxy) is 1. The third-order valence-corrected chi connectivity index (χ3v) is 5.51. The summed E-state index contributed by atoms with van der Waals surface area (Å²) in [7, 11) is -3.72. The van der Waals surface area contributed by atoms with E-state index in [-0.39, 0.29) is 23.5 Å². The van der Waals surface area contributed by atoms with Crippen molar-refractivity contribution in [3.8, 4) is 5.75 Å². The summed E-state index contributed by atoms with van der Waals surface area (Å²) in [4.78, 5) is 16.3. The first-order valence-electron chi connectivity index (χ1n) is 8.58. The van der Waals surface area contributed by atoms with Gasteiger partial charge in [0, 0.05) is 26.2 Å². The van der Waals surface area contributed by atoms with Gasteiger partial charge in [-0.15, -0.1) is 0 Å². The van der Waals surface area contributed by atoms with Crippen LogP contribution in [0.3, 0.4) is 0 Å². The van der Waals surface area contributed by atoms with Crippen LogP contribution in [0.5, 0.6) is 5.75 Å². The highest BCUT2D eigenvalue weighted by atomic mass is 32.2. The number of hydrogen-bond acceptors (Lipinski definition) is 5. The first kappa shape index (κ1) is 19.7. The quantitative estimate of drug-likeness (QED) is 0.773. The molecule has 0 spiro atoms. The lowest BCUT2D eigenvalue weighted by Crippen LogP contribution is -2.51. The molecule has 0 aromatic heterocycles. The molecule has 1 fully saturated rings. The van der Waals surface area contributed by atoms with E-state index >= 15 is 0 Å². The molecule has 7 nitrogen and oxygen atoms in total. The van der Waals surface area contributed by atoms with Crippen molar-refractivity contribution in [2.24, 2.45) is 0 Å². The third-order valence-electron chi connectivity index (χ3n) is 4.09. The SMILES string of the molecule is CCN1CCN(C(=O)CNS(=O)(=O)c2ccc(OC(C)C)cc2)CC1. The fourth-order valence-corrected chi connectivity index (χ4v) is 3.61. The molecule has 0 atom stereocenters. The molecule has 0 saturated carbocycles. The van der Waals surface area contributed by atoms with E-state index in [0.29, 0.717) is 18.8 Å². The van der Waals surface area contributed by atoms with E-state index in [2.05, 4.69) is 16.5 Å². The Morgan fingerprint density at radius 1 is 1.16 bits per heavy atom. The van der Waals surface area contributed by atoms with E-state index in [0.717, 1.165) is 19.6 Å². The first-order chi connectivity index (χ1) is 11.8. The van der Waals surface area contributed by atoms with Crippen LogP contribution in [-0.2, 0) is 14.8 Å². The summed E-state index contributed by atoms with van der Waals surface area (Å²) >= 11 is 0. The Morgan fingerprint density at radius 2 is 1.76 bits per heavy atom. The van der Waals surface area contributed by atoms with Crippen molar-refractivity contribution in [3.05, 3.63) is 24.3 Å². The lowest BCUT2D eigenvalue weighted by atomic mass is 10.3. The molecule has 1 saturated heterocycles. The molecule has 0 bridgehead atoms. The zero-order valence-corrected chi connectivity index (χ0v) is 15.9. The lowest BCUT2D eigenvalue weighted by molar-refractivity contribution is -0.131. The maximum atomic E-state index is 12.3. The molecule has 1 aromatic carbocycles. The van der Waals surface area contributed by atoms with Gasteiger partial charge >= 0.3 is 0 Å². The van der Waals surface area contributed by atoms with Gasteiger partial charge in [-0.3, -0.25) is 4.79 Å². The average Bonchev–Trinajstić information content (AvgIpc) is 2.60. The van der Waals surface area contributed by atoms with E-state index in [1.807, 2.05) is 13.8 Å². The van der Waals surface area contributed by atoms with Crippen molar-refractivity contribution in [1.82, 2.24) is 14.5 Å². The van der Waals surface area contributed by atoms with Gasteiger partial charge < -0.3 is 14.5 Å². The molecule has 1 aliphatic heterocycles. The largest absolute Gasteiger partial charge is 0.491 e. The van der Waals surface area contributed by atoms with Crippen LogP contribution in [0, 0.1) is 0 Å². The van der Waals surface area contributed by atoms with Gasteiger partial charge in [0.1, 0.15) is 5.75 Å². The minimum absolute atomic E-state index is 0.0198. The normalized spacial score (nSPS) is 16.2. The number of carbonyl (C=O) groups is 1. The molecular formula is C17H27N3O4S. The van der Waals surface area contributed by atoms with Crippen molar-refractivity contribution in [2.75, 3.05) is 39.3 Å². The van der Waals surface area contributed by atoms with Crippen molar-refractivity contribution in [1.29, 1.82) is 0 Å². The number of sulfonamides is 1. The monoisotopic (exact) mass is 369 g/mol. The second-order valence-corrected chi connectivity index (χ2v) is 8.04. The Bertz CT molecular complexity index is 666. The van der Waals surface area contributed by atoms with E-state index in [1.165, 1.54) is 12.1 Å². The molecule has 1 aromatic rings. The van der Waals surface area contributed by atoms with Crippen LogP contribution in [0.15, 0.2) is 29.2 Å². The minimum atomic E-state index is -3.72. The maximum Gasteiger partial charge on any atom is 0.241 e. The van der Waals surface area contributed by atoms with E-state index in [1.54, 1.807) is 17.0 Å². The number of amides is 1. The molecule has 1 N–H and O–H groups in total. The van der Waals surface area contributed by atoms with Crippen LogP contribution in [-0.4, -0.2) is 69.5 Å². The van der Waals surface area contributed by atoms with Crippen LogP contribution in [0.1, 0.15) is 20.8 Å². The Morgan fingerprint density at radius 3 is 2.28 bits per heavy atom. The fourth-order valence-electron chi connectivity index (χ4n) is 2.63. The summed E-state index contributed by atoms with van der Waals surface area (Å²) in [5.74, 6) is 0.415. The summed E-state index contributed by atoms with van der Waals surface area (Å²) in [6, 6.07) is 6.18. The van der Waals surface area contributed by atoms with Crippen LogP contribution in [0.4, 0.5) is 0 Å². The predicted octanol–water partition coefficient (Wildman–Crippen LogP) is 0.916. The molecule has 1 heterocycles. The second kappa shape index (κ2) is 8.64. The van der Waals surface area contributed by atoms with Gasteiger partial charge in [-0.2, -0.15) is 0 Å². The molecule has 1 amide bonds. The van der Waals surface area contributed by atoms with Gasteiger partial charge in [0.05, 0.1) is 17.5 Å². The first-order valence-corrected chi connectivity index (χ1v) is 10.1. The lowest BCUT2D eigenvalue weighted by Gasteiger charge is -2.34. The molecule has 0 radical (unpaired) electrons. The minimum Gasteiger partial charge on any atom is -0.491 e. The Hall–Kier alpha value is -1.64. The Balaban J connectivity index is 1.89. The summed E-state index contributed by atoms with van der Waals surface area (Å²) in [6.45, 7) is 9.55. The maximum absolute atomic E-state index is 12.3.